The van der Waals surface area contributed by atoms with Gasteiger partial charge in [-0.3, -0.25) is 9.71 Å². The van der Waals surface area contributed by atoms with E-state index >= 15 is 0 Å². The molecule has 0 bridgehead atoms. The molecule has 5 nitrogen and oxygen atoms in total. The van der Waals surface area contributed by atoms with Crippen LogP contribution in [0, 0.1) is 0 Å². The lowest BCUT2D eigenvalue weighted by Crippen LogP contribution is -2.33. The molecule has 0 saturated heterocycles. The average molecular weight is 279 g/mol. The molecule has 2 aromatic rings. The second-order valence-corrected chi connectivity index (χ2v) is 6.29. The fourth-order valence-corrected chi connectivity index (χ4v) is 3.19. The van der Waals surface area contributed by atoms with E-state index in [0.29, 0.717) is 12.1 Å². The van der Waals surface area contributed by atoms with E-state index in [1.807, 2.05) is 24.3 Å². The van der Waals surface area contributed by atoms with Crippen LogP contribution in [0.2, 0.25) is 0 Å². The number of sulfonamides is 1. The molecule has 1 aromatic carbocycles. The van der Waals surface area contributed by atoms with Crippen molar-refractivity contribution in [2.45, 2.75) is 18.6 Å². The molecule has 0 aliphatic carbocycles. The molecule has 0 aliphatic heterocycles. The number of hydrogen-bond donors (Lipinski definition) is 2. The van der Waals surface area contributed by atoms with Crippen LogP contribution in [0.4, 0.5) is 5.69 Å². The topological polar surface area (TPSA) is 85.1 Å². The molecule has 1 atom stereocenters. The summed E-state index contributed by atoms with van der Waals surface area (Å²) in [5.74, 6) is 0. The van der Waals surface area contributed by atoms with E-state index in [1.165, 1.54) is 6.20 Å². The Kier molecular flexibility index (Phi) is 4.01. The molecule has 3 N–H and O–H groups in total. The van der Waals surface area contributed by atoms with Gasteiger partial charge < -0.3 is 5.73 Å². The first-order valence-electron chi connectivity index (χ1n) is 6.13. The summed E-state index contributed by atoms with van der Waals surface area (Å²) in [5, 5.41) is 0.308. The molecule has 0 radical (unpaired) electrons. The highest BCUT2D eigenvalue weighted by Gasteiger charge is 2.22. The Morgan fingerprint density at radius 3 is 2.79 bits per heavy atom. The van der Waals surface area contributed by atoms with E-state index in [1.54, 1.807) is 13.0 Å². The summed E-state index contributed by atoms with van der Waals surface area (Å²) in [7, 11) is -3.46. The Morgan fingerprint density at radius 2 is 2.11 bits per heavy atom. The number of aromatic nitrogens is 1. The fraction of sp³-hybridized carbons (Fsp3) is 0.308. The van der Waals surface area contributed by atoms with E-state index in [4.69, 9.17) is 5.73 Å². The maximum atomic E-state index is 12.1. The van der Waals surface area contributed by atoms with Gasteiger partial charge in [-0.1, -0.05) is 25.1 Å². The van der Waals surface area contributed by atoms with E-state index in [2.05, 4.69) is 9.71 Å². The number of rotatable bonds is 5. The van der Waals surface area contributed by atoms with Crippen molar-refractivity contribution in [3.8, 4) is 0 Å². The van der Waals surface area contributed by atoms with Gasteiger partial charge in [-0.2, -0.15) is 0 Å². The van der Waals surface area contributed by atoms with E-state index in [-0.39, 0.29) is 6.54 Å². The summed E-state index contributed by atoms with van der Waals surface area (Å²) < 4.78 is 26.7. The highest BCUT2D eigenvalue weighted by Crippen LogP contribution is 2.18. The third-order valence-electron chi connectivity index (χ3n) is 3.01. The van der Waals surface area contributed by atoms with Gasteiger partial charge >= 0.3 is 0 Å². The lowest BCUT2D eigenvalue weighted by molar-refractivity contribution is 0.581. The molecule has 6 heteroatoms. The van der Waals surface area contributed by atoms with Gasteiger partial charge in [-0.05, 0) is 18.6 Å². The van der Waals surface area contributed by atoms with Gasteiger partial charge in [0.25, 0.3) is 0 Å². The highest BCUT2D eigenvalue weighted by molar-refractivity contribution is 7.93. The van der Waals surface area contributed by atoms with E-state index in [0.717, 1.165) is 10.9 Å². The first kappa shape index (κ1) is 13.8. The van der Waals surface area contributed by atoms with Crippen LogP contribution >= 0.6 is 0 Å². The maximum absolute atomic E-state index is 12.1. The van der Waals surface area contributed by atoms with E-state index in [9.17, 15) is 8.42 Å². The van der Waals surface area contributed by atoms with Gasteiger partial charge in [-0.25, -0.2) is 8.42 Å². The van der Waals surface area contributed by atoms with Crippen molar-refractivity contribution in [3.63, 3.8) is 0 Å². The van der Waals surface area contributed by atoms with Crippen LogP contribution in [0.25, 0.3) is 10.9 Å². The number of nitrogens with zero attached hydrogens (tertiary/aromatic N) is 1. The summed E-state index contributed by atoms with van der Waals surface area (Å²) in [5.41, 5.74) is 6.77. The van der Waals surface area contributed by atoms with Gasteiger partial charge in [0, 0.05) is 11.9 Å². The summed E-state index contributed by atoms with van der Waals surface area (Å²) in [4.78, 5) is 4.22. The highest BCUT2D eigenvalue weighted by atomic mass is 32.2. The van der Waals surface area contributed by atoms with Crippen molar-refractivity contribution in [2.24, 2.45) is 5.73 Å². The fourth-order valence-electron chi connectivity index (χ4n) is 1.89. The van der Waals surface area contributed by atoms with Crippen molar-refractivity contribution < 1.29 is 8.42 Å². The number of nitrogens with two attached hydrogens (primary N) is 1. The Bertz CT molecular complexity index is 666. The Balaban J connectivity index is 2.31. The molecule has 102 valence electrons. The van der Waals surface area contributed by atoms with Gasteiger partial charge in [0.1, 0.15) is 0 Å². The molecular weight excluding hydrogens is 262 g/mol. The molecule has 1 aromatic heterocycles. The maximum Gasteiger partial charge on any atom is 0.236 e. The second kappa shape index (κ2) is 5.54. The predicted molar refractivity (Wildman–Crippen MR) is 77.4 cm³/mol. The van der Waals surface area contributed by atoms with Crippen LogP contribution in [0.5, 0.6) is 0 Å². The molecular formula is C13H17N3O2S. The van der Waals surface area contributed by atoms with Crippen molar-refractivity contribution in [1.82, 2.24) is 4.98 Å². The number of hydrogen-bond acceptors (Lipinski definition) is 4. The molecule has 0 amide bonds. The molecule has 19 heavy (non-hydrogen) atoms. The largest absolute Gasteiger partial charge is 0.329 e. The van der Waals surface area contributed by atoms with Crippen molar-refractivity contribution in [1.29, 1.82) is 0 Å². The Labute approximate surface area is 112 Å². The normalized spacial score (nSPS) is 13.4. The number of anilines is 1. The summed E-state index contributed by atoms with van der Waals surface area (Å²) in [6.07, 6.45) is 2.00. The number of para-hydroxylation sites is 1. The van der Waals surface area contributed by atoms with Crippen molar-refractivity contribution >= 4 is 26.6 Å². The lowest BCUT2D eigenvalue weighted by Gasteiger charge is -2.15. The lowest BCUT2D eigenvalue weighted by atomic mass is 10.2. The molecule has 0 spiro atoms. The number of fused-ring (bicyclic) bond motifs is 1. The Morgan fingerprint density at radius 1 is 1.37 bits per heavy atom. The van der Waals surface area contributed by atoms with Crippen LogP contribution in [0.1, 0.15) is 13.3 Å². The second-order valence-electron chi connectivity index (χ2n) is 4.33. The van der Waals surface area contributed by atoms with Gasteiger partial charge in [0.05, 0.1) is 22.7 Å². The van der Waals surface area contributed by atoms with Gasteiger partial charge in [0.15, 0.2) is 0 Å². The zero-order valence-corrected chi connectivity index (χ0v) is 11.5. The molecule has 0 fully saturated rings. The monoisotopic (exact) mass is 279 g/mol. The van der Waals surface area contributed by atoms with Crippen LogP contribution in [-0.4, -0.2) is 25.2 Å². The minimum atomic E-state index is -3.46. The summed E-state index contributed by atoms with van der Waals surface area (Å²) in [6, 6.07) is 9.31. The zero-order valence-electron chi connectivity index (χ0n) is 10.7. The average Bonchev–Trinajstić information content (AvgIpc) is 2.39. The quantitative estimate of drug-likeness (QED) is 0.872. The minimum Gasteiger partial charge on any atom is -0.329 e. The van der Waals surface area contributed by atoms with Crippen LogP contribution < -0.4 is 10.5 Å². The van der Waals surface area contributed by atoms with Crippen LogP contribution in [-0.2, 0) is 10.0 Å². The molecule has 2 rings (SSSR count). The number of nitrogens with one attached hydrogen (secondary N) is 1. The third kappa shape index (κ3) is 3.02. The molecule has 0 saturated carbocycles. The standard InChI is InChI=1S/C13H17N3O2S/c1-2-12(8-14)19(17,18)16-11-7-10-5-3-4-6-13(10)15-9-11/h3-7,9,12,16H,2,8,14H2,1H3. The number of pyridine rings is 1. The van der Waals surface area contributed by atoms with Gasteiger partial charge in [-0.15, -0.1) is 0 Å². The van der Waals surface area contributed by atoms with Crippen LogP contribution in [0.15, 0.2) is 36.5 Å². The minimum absolute atomic E-state index is 0.104. The molecule has 1 unspecified atom stereocenters. The van der Waals surface area contributed by atoms with Crippen molar-refractivity contribution in [3.05, 3.63) is 36.5 Å². The number of benzene rings is 1. The first-order valence-corrected chi connectivity index (χ1v) is 7.68. The predicted octanol–water partition coefficient (Wildman–Crippen LogP) is 1.71. The summed E-state index contributed by atoms with van der Waals surface area (Å²) in [6.45, 7) is 1.91. The SMILES string of the molecule is CCC(CN)S(=O)(=O)Nc1cnc2ccccc2c1. The van der Waals surface area contributed by atoms with E-state index < -0.39 is 15.3 Å². The molecule has 0 aliphatic rings. The molecule has 1 heterocycles. The zero-order chi connectivity index (χ0) is 13.9. The Hall–Kier alpha value is -1.66. The van der Waals surface area contributed by atoms with Crippen molar-refractivity contribution in [2.75, 3.05) is 11.3 Å². The van der Waals surface area contributed by atoms with Gasteiger partial charge in [0.2, 0.25) is 10.0 Å². The first-order chi connectivity index (χ1) is 9.06. The third-order valence-corrected chi connectivity index (χ3v) is 4.93. The summed E-state index contributed by atoms with van der Waals surface area (Å²) >= 11 is 0. The smallest absolute Gasteiger partial charge is 0.236 e. The van der Waals surface area contributed by atoms with Crippen LogP contribution in [0.3, 0.4) is 0 Å².